The maximum absolute atomic E-state index is 12.7. The lowest BCUT2D eigenvalue weighted by Crippen LogP contribution is -2.17. The molecule has 0 fully saturated rings. The van der Waals surface area contributed by atoms with E-state index in [1.165, 1.54) is 0 Å². The van der Waals surface area contributed by atoms with Crippen LogP contribution < -0.4 is 10.6 Å². The maximum Gasteiger partial charge on any atom is 0.255 e. The van der Waals surface area contributed by atoms with Crippen molar-refractivity contribution in [3.05, 3.63) is 94.0 Å². The first-order valence-electron chi connectivity index (χ1n) is 9.21. The predicted molar refractivity (Wildman–Crippen MR) is 114 cm³/mol. The van der Waals surface area contributed by atoms with Crippen LogP contribution in [0, 0.1) is 27.7 Å². The number of benzene rings is 3. The van der Waals surface area contributed by atoms with Gasteiger partial charge in [0.2, 0.25) is 0 Å². The van der Waals surface area contributed by atoms with Gasteiger partial charge < -0.3 is 10.6 Å². The fourth-order valence-corrected chi connectivity index (χ4v) is 2.98. The summed E-state index contributed by atoms with van der Waals surface area (Å²) >= 11 is 0. The first-order chi connectivity index (χ1) is 13.3. The van der Waals surface area contributed by atoms with Crippen LogP contribution in [0.1, 0.15) is 43.0 Å². The third-order valence-electron chi connectivity index (χ3n) is 4.69. The van der Waals surface area contributed by atoms with Gasteiger partial charge in [-0.1, -0.05) is 35.4 Å². The average Bonchev–Trinajstić information content (AvgIpc) is 2.65. The summed E-state index contributed by atoms with van der Waals surface area (Å²) in [4.78, 5) is 25.4. The van der Waals surface area contributed by atoms with E-state index in [2.05, 4.69) is 10.6 Å². The lowest BCUT2D eigenvalue weighted by atomic mass is 10.1. The molecular formula is C24H24N2O2. The summed E-state index contributed by atoms with van der Waals surface area (Å²) < 4.78 is 0. The SMILES string of the molecule is Cc1cccc(C(=O)Nc2cc(C)c(C)cc2NC(=O)c2cccc(C)c2)c1. The first kappa shape index (κ1) is 19.4. The zero-order valence-corrected chi connectivity index (χ0v) is 16.6. The van der Waals surface area contributed by atoms with E-state index in [1.807, 2.05) is 76.2 Å². The summed E-state index contributed by atoms with van der Waals surface area (Å²) in [5, 5.41) is 5.87. The standard InChI is InChI=1S/C24H24N2O2/c1-15-7-5-9-19(11-15)23(27)25-21-13-17(3)18(4)14-22(21)26-24(28)20-10-6-8-16(2)12-20/h5-14H,1-4H3,(H,25,27)(H,26,28). The Balaban J connectivity index is 1.90. The minimum Gasteiger partial charge on any atom is -0.320 e. The zero-order chi connectivity index (χ0) is 20.3. The Labute approximate surface area is 165 Å². The molecule has 0 bridgehead atoms. The normalized spacial score (nSPS) is 10.4. The number of rotatable bonds is 4. The van der Waals surface area contributed by atoms with Gasteiger partial charge in [-0.05, 0) is 75.2 Å². The van der Waals surface area contributed by atoms with E-state index in [0.29, 0.717) is 22.5 Å². The number of anilines is 2. The van der Waals surface area contributed by atoms with Crippen molar-refractivity contribution in [3.63, 3.8) is 0 Å². The fraction of sp³-hybridized carbons (Fsp3) is 0.167. The summed E-state index contributed by atoms with van der Waals surface area (Å²) in [5.74, 6) is -0.420. The highest BCUT2D eigenvalue weighted by Gasteiger charge is 2.14. The quantitative estimate of drug-likeness (QED) is 0.642. The van der Waals surface area contributed by atoms with Gasteiger partial charge in [0, 0.05) is 11.1 Å². The molecule has 2 N–H and O–H groups in total. The van der Waals surface area contributed by atoms with Crippen LogP contribution >= 0.6 is 0 Å². The van der Waals surface area contributed by atoms with Crippen molar-refractivity contribution >= 4 is 23.2 Å². The van der Waals surface area contributed by atoms with Crippen molar-refractivity contribution in [2.24, 2.45) is 0 Å². The molecule has 0 unspecified atom stereocenters. The second-order valence-electron chi connectivity index (χ2n) is 7.13. The second kappa shape index (κ2) is 8.09. The zero-order valence-electron chi connectivity index (χ0n) is 16.6. The maximum atomic E-state index is 12.7. The van der Waals surface area contributed by atoms with Crippen molar-refractivity contribution in [1.82, 2.24) is 0 Å². The minimum absolute atomic E-state index is 0.210. The van der Waals surface area contributed by atoms with Crippen LogP contribution in [0.15, 0.2) is 60.7 Å². The van der Waals surface area contributed by atoms with Crippen molar-refractivity contribution in [3.8, 4) is 0 Å². The lowest BCUT2D eigenvalue weighted by molar-refractivity contribution is 0.101. The van der Waals surface area contributed by atoms with Gasteiger partial charge in [-0.3, -0.25) is 9.59 Å². The largest absolute Gasteiger partial charge is 0.320 e. The van der Waals surface area contributed by atoms with Crippen molar-refractivity contribution < 1.29 is 9.59 Å². The number of hydrogen-bond donors (Lipinski definition) is 2. The Hall–Kier alpha value is -3.40. The second-order valence-corrected chi connectivity index (χ2v) is 7.13. The van der Waals surface area contributed by atoms with Gasteiger partial charge in [0.05, 0.1) is 11.4 Å². The molecule has 0 aliphatic rings. The average molecular weight is 372 g/mol. The van der Waals surface area contributed by atoms with Crippen LogP contribution in [-0.4, -0.2) is 11.8 Å². The van der Waals surface area contributed by atoms with Crippen LogP contribution in [0.5, 0.6) is 0 Å². The van der Waals surface area contributed by atoms with Gasteiger partial charge in [0.25, 0.3) is 11.8 Å². The Morgan fingerprint density at radius 2 is 1.00 bits per heavy atom. The molecule has 0 aliphatic heterocycles. The molecule has 4 heteroatoms. The highest BCUT2D eigenvalue weighted by atomic mass is 16.2. The van der Waals surface area contributed by atoms with Crippen molar-refractivity contribution in [2.75, 3.05) is 10.6 Å². The van der Waals surface area contributed by atoms with E-state index in [1.54, 1.807) is 12.1 Å². The summed E-state index contributed by atoms with van der Waals surface area (Å²) in [6, 6.07) is 18.6. The number of amides is 2. The summed E-state index contributed by atoms with van der Waals surface area (Å²) in [6.45, 7) is 7.84. The molecule has 2 amide bonds. The van der Waals surface area contributed by atoms with E-state index in [-0.39, 0.29) is 11.8 Å². The number of carbonyl (C=O) groups is 2. The number of aryl methyl sites for hydroxylation is 4. The molecule has 0 heterocycles. The van der Waals surface area contributed by atoms with Gasteiger partial charge in [-0.15, -0.1) is 0 Å². The van der Waals surface area contributed by atoms with Gasteiger partial charge in [0.1, 0.15) is 0 Å². The molecule has 3 rings (SSSR count). The predicted octanol–water partition coefficient (Wildman–Crippen LogP) is 5.42. The number of hydrogen-bond acceptors (Lipinski definition) is 2. The number of carbonyl (C=O) groups excluding carboxylic acids is 2. The lowest BCUT2D eigenvalue weighted by Gasteiger charge is -2.15. The van der Waals surface area contributed by atoms with E-state index in [4.69, 9.17) is 0 Å². The number of nitrogens with one attached hydrogen (secondary N) is 2. The molecule has 0 atom stereocenters. The molecule has 28 heavy (non-hydrogen) atoms. The van der Waals surface area contributed by atoms with Crippen molar-refractivity contribution in [1.29, 1.82) is 0 Å². The summed E-state index contributed by atoms with van der Waals surface area (Å²) in [7, 11) is 0. The van der Waals surface area contributed by atoms with Crippen molar-refractivity contribution in [2.45, 2.75) is 27.7 Å². The third-order valence-corrected chi connectivity index (χ3v) is 4.69. The molecule has 3 aromatic rings. The Bertz CT molecular complexity index is 970. The molecule has 0 aromatic heterocycles. The monoisotopic (exact) mass is 372 g/mol. The molecule has 4 nitrogen and oxygen atoms in total. The molecule has 0 saturated heterocycles. The molecular weight excluding hydrogens is 348 g/mol. The summed E-state index contributed by atoms with van der Waals surface area (Å²) in [6.07, 6.45) is 0. The minimum atomic E-state index is -0.210. The van der Waals surface area contributed by atoms with Crippen LogP contribution in [-0.2, 0) is 0 Å². The van der Waals surface area contributed by atoms with E-state index in [9.17, 15) is 9.59 Å². The van der Waals surface area contributed by atoms with Crippen LogP contribution in [0.25, 0.3) is 0 Å². The van der Waals surface area contributed by atoms with Gasteiger partial charge in [0.15, 0.2) is 0 Å². The first-order valence-corrected chi connectivity index (χ1v) is 9.21. The van der Waals surface area contributed by atoms with Crippen LogP contribution in [0.4, 0.5) is 11.4 Å². The molecule has 3 aromatic carbocycles. The molecule has 0 saturated carbocycles. The molecule has 0 aliphatic carbocycles. The van der Waals surface area contributed by atoms with Gasteiger partial charge in [-0.2, -0.15) is 0 Å². The molecule has 0 spiro atoms. The van der Waals surface area contributed by atoms with Gasteiger partial charge >= 0.3 is 0 Å². The third kappa shape index (κ3) is 4.46. The Kier molecular flexibility index (Phi) is 5.59. The smallest absolute Gasteiger partial charge is 0.255 e. The molecule has 142 valence electrons. The highest BCUT2D eigenvalue weighted by molar-refractivity contribution is 6.10. The van der Waals surface area contributed by atoms with E-state index >= 15 is 0 Å². The van der Waals surface area contributed by atoms with E-state index in [0.717, 1.165) is 22.3 Å². The van der Waals surface area contributed by atoms with E-state index < -0.39 is 0 Å². The fourth-order valence-electron chi connectivity index (χ4n) is 2.98. The summed E-state index contributed by atoms with van der Waals surface area (Å²) in [5.41, 5.74) is 6.41. The molecule has 0 radical (unpaired) electrons. The van der Waals surface area contributed by atoms with Gasteiger partial charge in [-0.25, -0.2) is 0 Å². The Morgan fingerprint density at radius 1 is 0.607 bits per heavy atom. The highest BCUT2D eigenvalue weighted by Crippen LogP contribution is 2.27. The topological polar surface area (TPSA) is 58.2 Å². The van der Waals surface area contributed by atoms with Crippen LogP contribution in [0.3, 0.4) is 0 Å². The van der Waals surface area contributed by atoms with Crippen LogP contribution in [0.2, 0.25) is 0 Å². The Morgan fingerprint density at radius 3 is 1.36 bits per heavy atom.